The molecule has 1 fully saturated rings. The molecule has 0 aliphatic carbocycles. The van der Waals surface area contributed by atoms with Crippen LogP contribution >= 0.6 is 23.2 Å². The highest BCUT2D eigenvalue weighted by atomic mass is 35.5. The number of nitriles is 1. The predicted molar refractivity (Wildman–Crippen MR) is 79.0 cm³/mol. The van der Waals surface area contributed by atoms with Crippen LogP contribution in [0.5, 0.6) is 0 Å². The van der Waals surface area contributed by atoms with Crippen molar-refractivity contribution in [3.63, 3.8) is 0 Å². The first kappa shape index (κ1) is 15.6. The molecule has 0 spiro atoms. The van der Waals surface area contributed by atoms with Gasteiger partial charge in [-0.3, -0.25) is 0 Å². The molecule has 1 aliphatic heterocycles. The van der Waals surface area contributed by atoms with Gasteiger partial charge in [-0.25, -0.2) is 0 Å². The number of hydrogen-bond acceptors (Lipinski definition) is 3. The summed E-state index contributed by atoms with van der Waals surface area (Å²) in [7, 11) is 0. The lowest BCUT2D eigenvalue weighted by atomic mass is 10.0. The Bertz CT molecular complexity index is 493. The van der Waals surface area contributed by atoms with Crippen LogP contribution in [0.4, 0.5) is 0 Å². The Morgan fingerprint density at radius 1 is 1.35 bits per heavy atom. The molecule has 108 valence electrons. The molecule has 20 heavy (non-hydrogen) atoms. The Kier molecular flexibility index (Phi) is 6.12. The summed E-state index contributed by atoms with van der Waals surface area (Å²) in [5.41, 5.74) is 1.81. The van der Waals surface area contributed by atoms with E-state index < -0.39 is 0 Å². The van der Waals surface area contributed by atoms with Gasteiger partial charge >= 0.3 is 0 Å². The lowest BCUT2D eigenvalue weighted by molar-refractivity contribution is -0.161. The summed E-state index contributed by atoms with van der Waals surface area (Å²) in [5.74, 6) is 0. The maximum absolute atomic E-state index is 8.86. The fraction of sp³-hybridized carbons (Fsp3) is 0.533. The third kappa shape index (κ3) is 4.10. The standard InChI is InChI=1S/C15H17Cl2NO2/c16-13-5-4-11(6-8-18)12(15(13)17)7-10-20-14-3-1-2-9-19-14/h4-5,14H,1-3,6-7,9-10H2. The van der Waals surface area contributed by atoms with Crippen molar-refractivity contribution in [1.82, 2.24) is 0 Å². The van der Waals surface area contributed by atoms with Crippen molar-refractivity contribution in [2.45, 2.75) is 38.4 Å². The molecule has 0 N–H and O–H groups in total. The van der Waals surface area contributed by atoms with Gasteiger partial charge in [0.15, 0.2) is 6.29 Å². The van der Waals surface area contributed by atoms with Crippen LogP contribution in [0.25, 0.3) is 0 Å². The summed E-state index contributed by atoms with van der Waals surface area (Å²) in [6, 6.07) is 5.72. The summed E-state index contributed by atoms with van der Waals surface area (Å²) in [6.45, 7) is 1.28. The zero-order valence-electron chi connectivity index (χ0n) is 11.2. The van der Waals surface area contributed by atoms with Crippen LogP contribution in [0.1, 0.15) is 30.4 Å². The van der Waals surface area contributed by atoms with Crippen LogP contribution < -0.4 is 0 Å². The lowest BCUT2D eigenvalue weighted by Gasteiger charge is -2.23. The lowest BCUT2D eigenvalue weighted by Crippen LogP contribution is -2.23. The van der Waals surface area contributed by atoms with Crippen molar-refractivity contribution in [3.8, 4) is 6.07 Å². The molecule has 5 heteroatoms. The number of benzene rings is 1. The van der Waals surface area contributed by atoms with Crippen molar-refractivity contribution in [1.29, 1.82) is 5.26 Å². The Morgan fingerprint density at radius 3 is 2.90 bits per heavy atom. The molecule has 1 aromatic rings. The molecule has 0 radical (unpaired) electrons. The minimum atomic E-state index is -0.110. The quantitative estimate of drug-likeness (QED) is 0.820. The van der Waals surface area contributed by atoms with Crippen molar-refractivity contribution >= 4 is 23.2 Å². The SMILES string of the molecule is N#CCc1ccc(Cl)c(Cl)c1CCOC1CCCCO1. The average molecular weight is 314 g/mol. The van der Waals surface area contributed by atoms with Crippen molar-refractivity contribution in [2.24, 2.45) is 0 Å². The van der Waals surface area contributed by atoms with Crippen LogP contribution in [0, 0.1) is 11.3 Å². The second-order valence-electron chi connectivity index (χ2n) is 4.75. The highest BCUT2D eigenvalue weighted by Gasteiger charge is 2.15. The van der Waals surface area contributed by atoms with E-state index >= 15 is 0 Å². The summed E-state index contributed by atoms with van der Waals surface area (Å²) >= 11 is 12.3. The summed E-state index contributed by atoms with van der Waals surface area (Å²) in [6.07, 6.45) is 4.03. The molecule has 1 heterocycles. The first-order chi connectivity index (χ1) is 9.72. The molecule has 0 amide bonds. The van der Waals surface area contributed by atoms with Crippen molar-refractivity contribution < 1.29 is 9.47 Å². The van der Waals surface area contributed by atoms with Crippen molar-refractivity contribution in [2.75, 3.05) is 13.2 Å². The number of nitrogens with zero attached hydrogens (tertiary/aromatic N) is 1. The molecule has 0 saturated carbocycles. The Hall–Kier alpha value is -0.790. The molecule has 0 aromatic heterocycles. The molecular weight excluding hydrogens is 297 g/mol. The molecular formula is C15H17Cl2NO2. The van der Waals surface area contributed by atoms with Gasteiger partial charge < -0.3 is 9.47 Å². The highest BCUT2D eigenvalue weighted by Crippen LogP contribution is 2.29. The number of ether oxygens (including phenoxy) is 2. The monoisotopic (exact) mass is 313 g/mol. The number of halogens is 2. The van der Waals surface area contributed by atoms with Crippen LogP contribution in [-0.4, -0.2) is 19.5 Å². The fourth-order valence-corrected chi connectivity index (χ4v) is 2.74. The molecule has 1 aromatic carbocycles. The van der Waals surface area contributed by atoms with Gasteiger partial charge in [-0.2, -0.15) is 5.26 Å². The smallest absolute Gasteiger partial charge is 0.157 e. The topological polar surface area (TPSA) is 42.2 Å². The highest BCUT2D eigenvalue weighted by molar-refractivity contribution is 6.42. The van der Waals surface area contributed by atoms with E-state index in [1.54, 1.807) is 6.07 Å². The van der Waals surface area contributed by atoms with Crippen LogP contribution in [0.15, 0.2) is 12.1 Å². The third-order valence-electron chi connectivity index (χ3n) is 3.36. The van der Waals surface area contributed by atoms with Crippen molar-refractivity contribution in [3.05, 3.63) is 33.3 Å². The number of rotatable bonds is 5. The third-order valence-corrected chi connectivity index (χ3v) is 4.20. The van der Waals surface area contributed by atoms with Gasteiger partial charge in [0.25, 0.3) is 0 Å². The van der Waals surface area contributed by atoms with Gasteiger partial charge in [-0.15, -0.1) is 0 Å². The van der Waals surface area contributed by atoms with Crippen LogP contribution in [-0.2, 0) is 22.3 Å². The molecule has 1 saturated heterocycles. The van der Waals surface area contributed by atoms with Gasteiger partial charge in [0.2, 0.25) is 0 Å². The summed E-state index contributed by atoms with van der Waals surface area (Å²) in [5, 5.41) is 9.89. The number of hydrogen-bond donors (Lipinski definition) is 0. The van der Waals surface area contributed by atoms with Gasteiger partial charge in [0.05, 0.1) is 29.1 Å². The zero-order valence-corrected chi connectivity index (χ0v) is 12.7. The zero-order chi connectivity index (χ0) is 14.4. The fourth-order valence-electron chi connectivity index (χ4n) is 2.29. The molecule has 0 bridgehead atoms. The maximum atomic E-state index is 8.86. The van der Waals surface area contributed by atoms with E-state index in [9.17, 15) is 0 Å². The molecule has 1 aliphatic rings. The molecule has 1 unspecified atom stereocenters. The van der Waals surface area contributed by atoms with E-state index in [0.717, 1.165) is 37.0 Å². The van der Waals surface area contributed by atoms with E-state index in [-0.39, 0.29) is 6.29 Å². The minimum Gasteiger partial charge on any atom is -0.353 e. The first-order valence-electron chi connectivity index (χ1n) is 6.78. The van der Waals surface area contributed by atoms with E-state index in [2.05, 4.69) is 6.07 Å². The second-order valence-corrected chi connectivity index (χ2v) is 5.54. The Labute approximate surface area is 129 Å². The van der Waals surface area contributed by atoms with E-state index in [4.69, 9.17) is 37.9 Å². The first-order valence-corrected chi connectivity index (χ1v) is 7.54. The van der Waals surface area contributed by atoms with Gasteiger partial charge in [-0.1, -0.05) is 29.3 Å². The van der Waals surface area contributed by atoms with E-state index in [0.29, 0.717) is 29.5 Å². The molecule has 1 atom stereocenters. The second kappa shape index (κ2) is 7.85. The molecule has 2 rings (SSSR count). The Morgan fingerprint density at radius 2 is 2.20 bits per heavy atom. The predicted octanol–water partition coefficient (Wildman–Crippen LogP) is 4.15. The van der Waals surface area contributed by atoms with Gasteiger partial charge in [0, 0.05) is 6.61 Å². The average Bonchev–Trinajstić information content (AvgIpc) is 2.47. The summed E-state index contributed by atoms with van der Waals surface area (Å²) in [4.78, 5) is 0. The van der Waals surface area contributed by atoms with Gasteiger partial charge in [0.1, 0.15) is 0 Å². The van der Waals surface area contributed by atoms with Crippen LogP contribution in [0.2, 0.25) is 10.0 Å². The molecule has 3 nitrogen and oxygen atoms in total. The summed E-state index contributed by atoms with van der Waals surface area (Å²) < 4.78 is 11.2. The van der Waals surface area contributed by atoms with Gasteiger partial charge in [-0.05, 0) is 42.9 Å². The van der Waals surface area contributed by atoms with Crippen LogP contribution in [0.3, 0.4) is 0 Å². The van der Waals surface area contributed by atoms with E-state index in [1.807, 2.05) is 6.07 Å². The van der Waals surface area contributed by atoms with E-state index in [1.165, 1.54) is 0 Å². The Balaban J connectivity index is 1.97. The maximum Gasteiger partial charge on any atom is 0.157 e. The minimum absolute atomic E-state index is 0.110. The normalized spacial score (nSPS) is 18.8. The largest absolute Gasteiger partial charge is 0.353 e.